The number of methoxy groups -OCH3 is 1. The van der Waals surface area contributed by atoms with Gasteiger partial charge in [0.2, 0.25) is 0 Å². The second kappa shape index (κ2) is 9.85. The van der Waals surface area contributed by atoms with Gasteiger partial charge in [-0.2, -0.15) is 0 Å². The lowest BCUT2D eigenvalue weighted by Gasteiger charge is -2.14. The van der Waals surface area contributed by atoms with Crippen LogP contribution in [0.25, 0.3) is 22.6 Å². The van der Waals surface area contributed by atoms with E-state index in [1.54, 1.807) is 31.3 Å². The first-order valence-corrected chi connectivity index (χ1v) is 10.9. The van der Waals surface area contributed by atoms with Gasteiger partial charge in [-0.25, -0.2) is 9.78 Å². The van der Waals surface area contributed by atoms with Crippen LogP contribution in [0.1, 0.15) is 38.7 Å². The molecule has 10 nitrogen and oxygen atoms in total. The third-order valence-corrected chi connectivity index (χ3v) is 5.47. The van der Waals surface area contributed by atoms with Crippen LogP contribution in [0.15, 0.2) is 33.9 Å². The summed E-state index contributed by atoms with van der Waals surface area (Å²) in [4.78, 5) is 42.3. The van der Waals surface area contributed by atoms with Crippen LogP contribution in [-0.2, 0) is 29.7 Å². The zero-order chi connectivity index (χ0) is 24.3. The molecule has 0 unspecified atom stereocenters. The van der Waals surface area contributed by atoms with Crippen LogP contribution in [0.3, 0.4) is 0 Å². The Morgan fingerprint density at radius 2 is 1.82 bits per heavy atom. The topological polar surface area (TPSA) is 138 Å². The Labute approximate surface area is 191 Å². The van der Waals surface area contributed by atoms with E-state index in [0.29, 0.717) is 36.4 Å². The molecule has 0 aliphatic carbocycles. The molecule has 1 aromatic carbocycles. The number of nitrogens with one attached hydrogen (secondary N) is 1. The van der Waals surface area contributed by atoms with E-state index in [9.17, 15) is 14.4 Å². The number of nitrogens with two attached hydrogens (primary N) is 1. The first-order chi connectivity index (χ1) is 15.6. The zero-order valence-electron chi connectivity index (χ0n) is 19.4. The number of nitrogens with zero attached hydrogens (tertiary/aromatic N) is 4. The van der Waals surface area contributed by atoms with E-state index in [1.807, 2.05) is 4.57 Å². The van der Waals surface area contributed by atoms with E-state index >= 15 is 0 Å². The average Bonchev–Trinajstić information content (AvgIpc) is 3.15. The van der Waals surface area contributed by atoms with Gasteiger partial charge in [0.1, 0.15) is 17.3 Å². The molecule has 0 spiro atoms. The monoisotopic (exact) mass is 454 g/mol. The lowest BCUT2D eigenvalue weighted by Crippen LogP contribution is -2.39. The van der Waals surface area contributed by atoms with Crippen molar-refractivity contribution < 1.29 is 9.53 Å². The summed E-state index contributed by atoms with van der Waals surface area (Å²) in [5, 5.41) is 7.59. The van der Waals surface area contributed by atoms with Crippen molar-refractivity contribution in [2.45, 2.75) is 46.2 Å². The normalized spacial score (nSPS) is 11.3. The molecule has 3 aromatic rings. The van der Waals surface area contributed by atoms with E-state index in [0.717, 1.165) is 5.56 Å². The highest BCUT2D eigenvalue weighted by molar-refractivity contribution is 5.95. The Hall–Kier alpha value is -3.69. The summed E-state index contributed by atoms with van der Waals surface area (Å²) in [5.41, 5.74) is 6.72. The molecule has 0 atom stereocenters. The number of benzene rings is 1. The van der Waals surface area contributed by atoms with Crippen molar-refractivity contribution in [2.75, 3.05) is 7.11 Å². The van der Waals surface area contributed by atoms with Crippen LogP contribution >= 0.6 is 0 Å². The van der Waals surface area contributed by atoms with Crippen LogP contribution in [0.2, 0.25) is 0 Å². The minimum Gasteiger partial charge on any atom is -0.469 e. The molecule has 0 radical (unpaired) electrons. The lowest BCUT2D eigenvalue weighted by atomic mass is 10.1. The van der Waals surface area contributed by atoms with Gasteiger partial charge in [-0.1, -0.05) is 38.1 Å². The van der Waals surface area contributed by atoms with Crippen LogP contribution in [0, 0.1) is 11.3 Å². The second-order valence-corrected chi connectivity index (χ2v) is 8.43. The summed E-state index contributed by atoms with van der Waals surface area (Å²) in [6.07, 6.45) is 1.23. The fourth-order valence-electron chi connectivity index (χ4n) is 3.81. The molecule has 3 N–H and O–H groups in total. The van der Waals surface area contributed by atoms with E-state index in [-0.39, 0.29) is 36.2 Å². The molecule has 2 aromatic heterocycles. The zero-order valence-corrected chi connectivity index (χ0v) is 19.4. The molecule has 0 bridgehead atoms. The number of hydrogen-bond donors (Lipinski definition) is 2. The first-order valence-electron chi connectivity index (χ1n) is 10.9. The summed E-state index contributed by atoms with van der Waals surface area (Å²) < 4.78 is 9.16. The number of carbonyl (C=O) groups excluding carboxylic acids is 1. The maximum Gasteiger partial charge on any atom is 0.332 e. The maximum absolute atomic E-state index is 13.2. The Balaban J connectivity index is 2.11. The van der Waals surface area contributed by atoms with Gasteiger partial charge in [0.25, 0.3) is 5.56 Å². The highest BCUT2D eigenvalue weighted by Gasteiger charge is 2.21. The molecule has 0 aliphatic heterocycles. The van der Waals surface area contributed by atoms with Crippen LogP contribution in [-0.4, -0.2) is 37.6 Å². The molecule has 0 fully saturated rings. The fraction of sp³-hybridized carbons (Fsp3) is 0.435. The van der Waals surface area contributed by atoms with Crippen molar-refractivity contribution in [2.24, 2.45) is 18.7 Å². The standard InChI is InChI=1S/C23H30N6O4/c1-14(2)13-29-20(16-10-8-15(9-11-16)19(24)25)26-18-21(29)27(3)23(32)28(22(18)31)12-6-5-7-17(30)33-4/h8-11,14H,5-7,12-13H2,1-4H3,(H3,24,25). The van der Waals surface area contributed by atoms with Gasteiger partial charge in [0, 0.05) is 37.7 Å². The number of esters is 1. The van der Waals surface area contributed by atoms with Crippen LogP contribution in [0.5, 0.6) is 0 Å². The van der Waals surface area contributed by atoms with Crippen LogP contribution < -0.4 is 17.0 Å². The first kappa shape index (κ1) is 24.0. The second-order valence-electron chi connectivity index (χ2n) is 8.43. The van der Waals surface area contributed by atoms with Gasteiger partial charge in [0.05, 0.1) is 7.11 Å². The van der Waals surface area contributed by atoms with Crippen molar-refractivity contribution in [1.82, 2.24) is 18.7 Å². The predicted octanol–water partition coefficient (Wildman–Crippen LogP) is 1.85. The van der Waals surface area contributed by atoms with Gasteiger partial charge < -0.3 is 15.0 Å². The van der Waals surface area contributed by atoms with Crippen molar-refractivity contribution in [1.29, 1.82) is 5.41 Å². The summed E-state index contributed by atoms with van der Waals surface area (Å²) in [7, 11) is 2.96. The average molecular weight is 455 g/mol. The molecule has 0 saturated carbocycles. The summed E-state index contributed by atoms with van der Waals surface area (Å²) >= 11 is 0. The Bertz CT molecular complexity index is 1300. The number of nitrogen functional groups attached to an aromatic ring is 1. The highest BCUT2D eigenvalue weighted by atomic mass is 16.5. The molecule has 10 heteroatoms. The van der Waals surface area contributed by atoms with E-state index < -0.39 is 11.2 Å². The summed E-state index contributed by atoms with van der Waals surface area (Å²) in [6, 6.07) is 7.07. The number of rotatable bonds is 9. The van der Waals surface area contributed by atoms with E-state index in [4.69, 9.17) is 11.1 Å². The molecule has 0 saturated heterocycles. The number of hydrogen-bond acceptors (Lipinski definition) is 6. The summed E-state index contributed by atoms with van der Waals surface area (Å²) in [6.45, 7) is 4.86. The fourth-order valence-corrected chi connectivity index (χ4v) is 3.81. The lowest BCUT2D eigenvalue weighted by molar-refractivity contribution is -0.140. The minimum atomic E-state index is -0.449. The van der Waals surface area contributed by atoms with E-state index in [2.05, 4.69) is 23.6 Å². The third kappa shape index (κ3) is 4.89. The molecule has 2 heterocycles. The van der Waals surface area contributed by atoms with Gasteiger partial charge in [-0.15, -0.1) is 0 Å². The molecule has 0 amide bonds. The molecule has 3 rings (SSSR count). The number of unbranched alkanes of at least 4 members (excludes halogenated alkanes) is 1. The number of imidazole rings is 1. The highest BCUT2D eigenvalue weighted by Crippen LogP contribution is 2.24. The number of fused-ring (bicyclic) bond motifs is 1. The van der Waals surface area contributed by atoms with Crippen molar-refractivity contribution in [3.8, 4) is 11.4 Å². The predicted molar refractivity (Wildman–Crippen MR) is 126 cm³/mol. The SMILES string of the molecule is COC(=O)CCCCn1c(=O)c2nc(-c3ccc(C(=N)N)cc3)n(CC(C)C)c2n(C)c1=O. The number of aromatic nitrogens is 4. The third-order valence-electron chi connectivity index (χ3n) is 5.47. The molecular weight excluding hydrogens is 424 g/mol. The molecular formula is C23H30N6O4. The van der Waals surface area contributed by atoms with Gasteiger partial charge in [0.15, 0.2) is 5.52 Å². The molecule has 176 valence electrons. The Morgan fingerprint density at radius 3 is 2.39 bits per heavy atom. The quantitative estimate of drug-likeness (QED) is 0.219. The Morgan fingerprint density at radius 1 is 1.15 bits per heavy atom. The van der Waals surface area contributed by atoms with Gasteiger partial charge in [-0.3, -0.25) is 24.1 Å². The van der Waals surface area contributed by atoms with Crippen molar-refractivity contribution in [3.05, 3.63) is 50.7 Å². The summed E-state index contributed by atoms with van der Waals surface area (Å²) in [5.74, 6) is 0.464. The Kier molecular flexibility index (Phi) is 7.15. The largest absolute Gasteiger partial charge is 0.469 e. The maximum atomic E-state index is 13.2. The smallest absolute Gasteiger partial charge is 0.332 e. The number of ether oxygens (including phenoxy) is 1. The van der Waals surface area contributed by atoms with Crippen molar-refractivity contribution >= 4 is 23.0 Å². The van der Waals surface area contributed by atoms with Crippen LogP contribution in [0.4, 0.5) is 0 Å². The molecule has 0 aliphatic rings. The van der Waals surface area contributed by atoms with Gasteiger partial charge in [-0.05, 0) is 18.8 Å². The molecule has 33 heavy (non-hydrogen) atoms. The van der Waals surface area contributed by atoms with Gasteiger partial charge >= 0.3 is 11.7 Å². The van der Waals surface area contributed by atoms with Crippen molar-refractivity contribution in [3.63, 3.8) is 0 Å². The number of amidine groups is 1. The number of aryl methyl sites for hydroxylation is 1. The minimum absolute atomic E-state index is 0.0327. The van der Waals surface area contributed by atoms with E-state index in [1.165, 1.54) is 16.2 Å². The number of carbonyl (C=O) groups is 1.